The molecule has 1 fully saturated rings. The van der Waals surface area contributed by atoms with Crippen LogP contribution in [0.15, 0.2) is 42.5 Å². The molecule has 21 heavy (non-hydrogen) atoms. The molecule has 0 atom stereocenters. The lowest BCUT2D eigenvalue weighted by molar-refractivity contribution is 0.0991. The number of benzene rings is 2. The summed E-state index contributed by atoms with van der Waals surface area (Å²) in [6.07, 6.45) is 3.86. The van der Waals surface area contributed by atoms with E-state index in [1.165, 1.54) is 24.8 Å². The maximum Gasteiger partial charge on any atom is 0.167 e. The van der Waals surface area contributed by atoms with E-state index in [0.29, 0.717) is 21.5 Å². The van der Waals surface area contributed by atoms with E-state index in [9.17, 15) is 4.79 Å². The van der Waals surface area contributed by atoms with Crippen LogP contribution in [0.5, 0.6) is 0 Å². The summed E-state index contributed by atoms with van der Waals surface area (Å²) in [4.78, 5) is 12.7. The number of ketones is 1. The Morgan fingerprint density at radius 1 is 1.00 bits per heavy atom. The summed E-state index contributed by atoms with van der Waals surface area (Å²) in [5.74, 6) is 0.624. The lowest BCUT2D eigenvalue weighted by Crippen LogP contribution is -2.15. The van der Waals surface area contributed by atoms with E-state index < -0.39 is 0 Å². The van der Waals surface area contributed by atoms with Crippen LogP contribution in [0.1, 0.15) is 46.7 Å². The van der Waals surface area contributed by atoms with Gasteiger partial charge in [0.2, 0.25) is 0 Å². The summed E-state index contributed by atoms with van der Waals surface area (Å²) in [5.41, 5.74) is 2.71. The third-order valence-corrected chi connectivity index (χ3v) is 4.91. The first-order valence-electron chi connectivity index (χ1n) is 7.22. The Hall–Kier alpha value is -1.31. The summed E-state index contributed by atoms with van der Waals surface area (Å²) in [5, 5.41) is 1.11. The van der Waals surface area contributed by atoms with Crippen LogP contribution in [-0.2, 0) is 6.42 Å². The summed E-state index contributed by atoms with van der Waals surface area (Å²) < 4.78 is 0. The molecule has 1 aliphatic carbocycles. The van der Waals surface area contributed by atoms with Gasteiger partial charge in [-0.2, -0.15) is 0 Å². The molecule has 3 rings (SSSR count). The minimum Gasteiger partial charge on any atom is -0.294 e. The molecule has 0 N–H and O–H groups in total. The molecular formula is C18H16Cl2O. The highest BCUT2D eigenvalue weighted by Crippen LogP contribution is 2.38. The normalized spacial score (nSPS) is 14.8. The zero-order valence-electron chi connectivity index (χ0n) is 11.6. The van der Waals surface area contributed by atoms with E-state index >= 15 is 0 Å². The second-order valence-electron chi connectivity index (χ2n) is 5.52. The van der Waals surface area contributed by atoms with Crippen molar-refractivity contribution in [2.75, 3.05) is 0 Å². The van der Waals surface area contributed by atoms with Crippen molar-refractivity contribution < 1.29 is 4.79 Å². The Balaban J connectivity index is 1.89. The summed E-state index contributed by atoms with van der Waals surface area (Å²) in [6.45, 7) is 0. The number of carbonyl (C=O) groups excluding carboxylic acids is 1. The minimum atomic E-state index is 0.0903. The molecule has 1 saturated carbocycles. The van der Waals surface area contributed by atoms with Crippen molar-refractivity contribution in [2.45, 2.75) is 31.6 Å². The molecule has 0 unspecified atom stereocenters. The molecule has 108 valence electrons. The third kappa shape index (κ3) is 3.00. The van der Waals surface area contributed by atoms with Gasteiger partial charge in [0.25, 0.3) is 0 Å². The van der Waals surface area contributed by atoms with E-state index in [4.69, 9.17) is 23.2 Å². The molecule has 1 aliphatic rings. The maximum atomic E-state index is 12.7. The van der Waals surface area contributed by atoms with Crippen LogP contribution >= 0.6 is 23.2 Å². The zero-order valence-corrected chi connectivity index (χ0v) is 13.1. The second-order valence-corrected chi connectivity index (χ2v) is 6.33. The number of Topliss-reactive ketones (excluding diaryl/α,β-unsaturated/α-hetero) is 1. The van der Waals surface area contributed by atoms with Crippen molar-refractivity contribution in [3.63, 3.8) is 0 Å². The van der Waals surface area contributed by atoms with Crippen molar-refractivity contribution in [1.82, 2.24) is 0 Å². The SMILES string of the molecule is O=C(Cc1c(Cl)cccc1Cl)c1ccccc1C1CCC1. The average molecular weight is 319 g/mol. The molecule has 2 aromatic rings. The summed E-state index contributed by atoms with van der Waals surface area (Å²) in [7, 11) is 0. The number of rotatable bonds is 4. The second kappa shape index (κ2) is 6.21. The lowest BCUT2D eigenvalue weighted by atomic mass is 9.77. The Labute approximate surface area is 134 Å². The van der Waals surface area contributed by atoms with Gasteiger partial charge < -0.3 is 0 Å². The number of hydrogen-bond donors (Lipinski definition) is 0. The highest BCUT2D eigenvalue weighted by Gasteiger charge is 2.24. The number of carbonyl (C=O) groups is 1. The van der Waals surface area contributed by atoms with Gasteiger partial charge in [0.1, 0.15) is 0 Å². The van der Waals surface area contributed by atoms with E-state index in [2.05, 4.69) is 6.07 Å². The molecule has 3 heteroatoms. The molecule has 0 saturated heterocycles. The van der Waals surface area contributed by atoms with Crippen LogP contribution in [0.4, 0.5) is 0 Å². The van der Waals surface area contributed by atoms with Crippen LogP contribution in [0.25, 0.3) is 0 Å². The topological polar surface area (TPSA) is 17.1 Å². The molecular weight excluding hydrogens is 303 g/mol. The van der Waals surface area contributed by atoms with Crippen LogP contribution < -0.4 is 0 Å². The average Bonchev–Trinajstić information content (AvgIpc) is 2.42. The highest BCUT2D eigenvalue weighted by atomic mass is 35.5. The first-order valence-corrected chi connectivity index (χ1v) is 7.97. The van der Waals surface area contributed by atoms with Crippen molar-refractivity contribution in [2.24, 2.45) is 0 Å². The standard InChI is InChI=1S/C18H16Cl2O/c19-16-9-4-10-17(20)15(16)11-18(21)14-8-2-1-7-13(14)12-5-3-6-12/h1-2,4,7-10,12H,3,5-6,11H2. The monoisotopic (exact) mass is 318 g/mol. The van der Waals surface area contributed by atoms with Crippen molar-refractivity contribution in [3.8, 4) is 0 Å². The largest absolute Gasteiger partial charge is 0.294 e. The fraction of sp³-hybridized carbons (Fsp3) is 0.278. The fourth-order valence-corrected chi connectivity index (χ4v) is 3.31. The number of halogens is 2. The van der Waals surface area contributed by atoms with Crippen molar-refractivity contribution in [1.29, 1.82) is 0 Å². The van der Waals surface area contributed by atoms with Crippen LogP contribution in [0, 0.1) is 0 Å². The molecule has 0 bridgehead atoms. The van der Waals surface area contributed by atoms with Gasteiger partial charge in [0, 0.05) is 22.0 Å². The predicted molar refractivity (Wildman–Crippen MR) is 87.5 cm³/mol. The van der Waals surface area contributed by atoms with Gasteiger partial charge in [-0.05, 0) is 42.0 Å². The van der Waals surface area contributed by atoms with E-state index in [-0.39, 0.29) is 12.2 Å². The summed E-state index contributed by atoms with van der Waals surface area (Å²) >= 11 is 12.3. The molecule has 0 aliphatic heterocycles. The molecule has 0 aromatic heterocycles. The minimum absolute atomic E-state index is 0.0903. The molecule has 2 aromatic carbocycles. The first kappa shape index (κ1) is 14.6. The Bertz CT molecular complexity index is 654. The Kier molecular flexibility index (Phi) is 4.32. The van der Waals surface area contributed by atoms with E-state index in [1.807, 2.05) is 18.2 Å². The van der Waals surface area contributed by atoms with E-state index in [0.717, 1.165) is 5.56 Å². The van der Waals surface area contributed by atoms with E-state index in [1.54, 1.807) is 18.2 Å². The lowest BCUT2D eigenvalue weighted by Gasteiger charge is -2.27. The molecule has 1 nitrogen and oxygen atoms in total. The third-order valence-electron chi connectivity index (χ3n) is 4.21. The van der Waals surface area contributed by atoms with Crippen LogP contribution in [0.3, 0.4) is 0 Å². The van der Waals surface area contributed by atoms with Crippen molar-refractivity contribution in [3.05, 3.63) is 69.2 Å². The maximum absolute atomic E-state index is 12.7. The Morgan fingerprint density at radius 3 is 2.29 bits per heavy atom. The highest BCUT2D eigenvalue weighted by molar-refractivity contribution is 6.36. The first-order chi connectivity index (χ1) is 10.2. The fourth-order valence-electron chi connectivity index (χ4n) is 2.78. The van der Waals surface area contributed by atoms with Gasteiger partial charge >= 0.3 is 0 Å². The van der Waals surface area contributed by atoms with Crippen LogP contribution in [0.2, 0.25) is 10.0 Å². The Morgan fingerprint density at radius 2 is 1.67 bits per heavy atom. The van der Waals surface area contributed by atoms with Crippen LogP contribution in [-0.4, -0.2) is 5.78 Å². The smallest absolute Gasteiger partial charge is 0.167 e. The molecule has 0 heterocycles. The zero-order chi connectivity index (χ0) is 14.8. The molecule has 0 radical (unpaired) electrons. The van der Waals surface area contributed by atoms with Gasteiger partial charge in [-0.1, -0.05) is 60.0 Å². The van der Waals surface area contributed by atoms with Gasteiger partial charge in [-0.25, -0.2) is 0 Å². The summed E-state index contributed by atoms with van der Waals surface area (Å²) in [6, 6.07) is 13.3. The van der Waals surface area contributed by atoms with Crippen molar-refractivity contribution >= 4 is 29.0 Å². The molecule has 0 amide bonds. The van der Waals surface area contributed by atoms with Gasteiger partial charge in [0.15, 0.2) is 5.78 Å². The quantitative estimate of drug-likeness (QED) is 0.662. The van der Waals surface area contributed by atoms with Gasteiger partial charge in [-0.3, -0.25) is 4.79 Å². The van der Waals surface area contributed by atoms with Gasteiger partial charge in [0.05, 0.1) is 0 Å². The number of hydrogen-bond acceptors (Lipinski definition) is 1. The predicted octanol–water partition coefficient (Wildman–Crippen LogP) is 5.69. The molecule has 0 spiro atoms. The van der Waals surface area contributed by atoms with Gasteiger partial charge in [-0.15, -0.1) is 0 Å².